The minimum Gasteiger partial charge on any atom is -0.351 e. The second-order valence-corrected chi connectivity index (χ2v) is 7.52. The third-order valence-corrected chi connectivity index (χ3v) is 4.94. The molecule has 2 unspecified atom stereocenters. The topological polar surface area (TPSA) is 82.5 Å². The van der Waals surface area contributed by atoms with Gasteiger partial charge in [0.25, 0.3) is 5.91 Å². The van der Waals surface area contributed by atoms with Crippen LogP contribution in [0.15, 0.2) is 39.8 Å². The van der Waals surface area contributed by atoms with E-state index in [1.807, 2.05) is 0 Å². The summed E-state index contributed by atoms with van der Waals surface area (Å²) in [6.45, 7) is 3.52. The number of nitrogens with zero attached hydrogens (tertiary/aromatic N) is 3. The van der Waals surface area contributed by atoms with Crippen LogP contribution in [0.1, 0.15) is 36.0 Å². The van der Waals surface area contributed by atoms with Crippen LogP contribution in [0.5, 0.6) is 0 Å². The molecule has 1 aromatic heterocycles. The molecule has 31 heavy (non-hydrogen) atoms. The number of carbonyl (C=O) groups is 1. The summed E-state index contributed by atoms with van der Waals surface area (Å²) in [5, 5.41) is 9.70. The number of hydrogen-bond donors (Lipinski definition) is 2. The van der Waals surface area contributed by atoms with Crippen LogP contribution in [0, 0.1) is 6.92 Å². The number of benzene rings is 1. The van der Waals surface area contributed by atoms with E-state index >= 15 is 0 Å². The lowest BCUT2D eigenvalue weighted by Gasteiger charge is -2.24. The fraction of sp³-hybridized carbons (Fsp3) is 0.400. The fourth-order valence-electron chi connectivity index (χ4n) is 3.27. The Labute approximate surface area is 182 Å². The van der Waals surface area contributed by atoms with Crippen molar-refractivity contribution in [1.82, 2.24) is 10.5 Å². The molecule has 0 bridgehead atoms. The van der Waals surface area contributed by atoms with Gasteiger partial charge in [-0.15, -0.1) is 0 Å². The molecule has 0 spiro atoms. The minimum absolute atomic E-state index is 0.0157. The number of anilines is 1. The fourth-order valence-corrected chi connectivity index (χ4v) is 3.46. The van der Waals surface area contributed by atoms with Gasteiger partial charge >= 0.3 is 6.18 Å². The molecule has 3 rings (SSSR count). The first kappa shape index (κ1) is 22.8. The molecule has 166 valence electrons. The highest BCUT2D eigenvalue weighted by molar-refractivity contribution is 6.31. The molecule has 1 aromatic carbocycles. The summed E-state index contributed by atoms with van der Waals surface area (Å²) in [7, 11) is 0. The molecule has 11 heteroatoms. The summed E-state index contributed by atoms with van der Waals surface area (Å²) in [6.07, 6.45) is -2.78. The Morgan fingerprint density at radius 3 is 2.74 bits per heavy atom. The third kappa shape index (κ3) is 6.06. The molecule has 2 aromatic rings. The monoisotopic (exact) mass is 456 g/mol. The zero-order chi connectivity index (χ0) is 22.6. The second kappa shape index (κ2) is 9.51. The molecule has 1 aliphatic rings. The number of amides is 1. The van der Waals surface area contributed by atoms with Gasteiger partial charge in [0.2, 0.25) is 17.8 Å². The SMILES string of the molecule is CC[N+]1=CC(N=C(NC(=O)c2cc(C)no2)Nc2cccc(Cl)c2)CCC1C(F)(F)F. The van der Waals surface area contributed by atoms with Gasteiger partial charge in [0.1, 0.15) is 12.6 Å². The van der Waals surface area contributed by atoms with Crippen LogP contribution in [0.2, 0.25) is 5.02 Å². The zero-order valence-corrected chi connectivity index (χ0v) is 17.7. The Balaban J connectivity index is 1.87. The van der Waals surface area contributed by atoms with Gasteiger partial charge in [0.15, 0.2) is 6.21 Å². The zero-order valence-electron chi connectivity index (χ0n) is 16.9. The van der Waals surface area contributed by atoms with Gasteiger partial charge in [-0.1, -0.05) is 22.8 Å². The van der Waals surface area contributed by atoms with E-state index in [2.05, 4.69) is 20.8 Å². The molecule has 2 N–H and O–H groups in total. The molecule has 0 saturated heterocycles. The van der Waals surface area contributed by atoms with Crippen molar-refractivity contribution >= 4 is 35.4 Å². The lowest BCUT2D eigenvalue weighted by atomic mass is 10.0. The minimum atomic E-state index is -4.32. The van der Waals surface area contributed by atoms with Crippen molar-refractivity contribution in [3.8, 4) is 0 Å². The average molecular weight is 457 g/mol. The molecule has 0 aliphatic carbocycles. The van der Waals surface area contributed by atoms with E-state index in [-0.39, 0.29) is 31.1 Å². The first-order chi connectivity index (χ1) is 14.7. The van der Waals surface area contributed by atoms with Crippen molar-refractivity contribution in [1.29, 1.82) is 0 Å². The van der Waals surface area contributed by atoms with Gasteiger partial charge in [-0.05, 0) is 38.5 Å². The summed E-state index contributed by atoms with van der Waals surface area (Å²) in [6, 6.07) is 6.11. The van der Waals surface area contributed by atoms with Crippen LogP contribution in [-0.4, -0.2) is 52.6 Å². The summed E-state index contributed by atoms with van der Waals surface area (Å²) < 4.78 is 46.0. The first-order valence-electron chi connectivity index (χ1n) is 9.68. The van der Waals surface area contributed by atoms with E-state index in [4.69, 9.17) is 16.1 Å². The maximum absolute atomic E-state index is 13.3. The molecular weight excluding hydrogens is 435 g/mol. The van der Waals surface area contributed by atoms with E-state index in [9.17, 15) is 18.0 Å². The van der Waals surface area contributed by atoms with Crippen LogP contribution < -0.4 is 10.6 Å². The maximum atomic E-state index is 13.3. The summed E-state index contributed by atoms with van der Waals surface area (Å²) in [4.78, 5) is 17.0. The number of hydrogen-bond acceptors (Lipinski definition) is 4. The molecular formula is C20H22ClF3N5O2+. The van der Waals surface area contributed by atoms with Gasteiger partial charge in [-0.2, -0.15) is 13.2 Å². The van der Waals surface area contributed by atoms with Crippen molar-refractivity contribution in [2.75, 3.05) is 11.9 Å². The Hall–Kier alpha value is -2.88. The number of aryl methyl sites for hydroxylation is 1. The average Bonchev–Trinajstić information content (AvgIpc) is 3.13. The van der Waals surface area contributed by atoms with E-state index in [1.165, 1.54) is 16.9 Å². The van der Waals surface area contributed by atoms with Crippen LogP contribution in [0.4, 0.5) is 18.9 Å². The largest absolute Gasteiger partial charge is 0.451 e. The Bertz CT molecular complexity index is 1000. The highest BCUT2D eigenvalue weighted by Gasteiger charge is 2.49. The van der Waals surface area contributed by atoms with Crippen molar-refractivity contribution < 1.29 is 27.1 Å². The lowest BCUT2D eigenvalue weighted by Crippen LogP contribution is -2.46. The number of alkyl halides is 3. The highest BCUT2D eigenvalue weighted by atomic mass is 35.5. The van der Waals surface area contributed by atoms with Crippen molar-refractivity contribution in [3.63, 3.8) is 0 Å². The Morgan fingerprint density at radius 1 is 1.35 bits per heavy atom. The molecule has 0 radical (unpaired) electrons. The van der Waals surface area contributed by atoms with E-state index < -0.39 is 24.2 Å². The number of rotatable bonds is 4. The van der Waals surface area contributed by atoms with Crippen molar-refractivity contribution in [2.45, 2.75) is 44.9 Å². The van der Waals surface area contributed by atoms with Gasteiger partial charge in [-0.3, -0.25) is 10.1 Å². The lowest BCUT2D eigenvalue weighted by molar-refractivity contribution is -0.599. The standard InChI is InChI=1S/C20H21ClF3N5O2/c1-3-29-11-15(7-8-17(29)20(22,23)24)26-19(25-14-6-4-5-13(21)10-14)27-18(30)16-9-12(2)28-31-16/h4-6,9-11,15,17H,3,7-8H2,1-2H3,(H-,25,26,27,30)/p+1. The van der Waals surface area contributed by atoms with Crippen LogP contribution in [-0.2, 0) is 0 Å². The molecule has 0 saturated carbocycles. The molecule has 0 fully saturated rings. The quantitative estimate of drug-likeness (QED) is 0.413. The van der Waals surface area contributed by atoms with Crippen LogP contribution in [0.3, 0.4) is 0 Å². The summed E-state index contributed by atoms with van der Waals surface area (Å²) in [5.41, 5.74) is 1.08. The van der Waals surface area contributed by atoms with Gasteiger partial charge in [0.05, 0.1) is 5.69 Å². The van der Waals surface area contributed by atoms with Gasteiger partial charge < -0.3 is 9.84 Å². The Morgan fingerprint density at radius 2 is 2.13 bits per heavy atom. The maximum Gasteiger partial charge on any atom is 0.451 e. The predicted molar refractivity (Wildman–Crippen MR) is 111 cm³/mol. The normalized spacial score (nSPS) is 19.7. The smallest absolute Gasteiger partial charge is 0.351 e. The first-order valence-corrected chi connectivity index (χ1v) is 10.1. The van der Waals surface area contributed by atoms with Crippen molar-refractivity contribution in [3.05, 3.63) is 46.8 Å². The molecule has 7 nitrogen and oxygen atoms in total. The van der Waals surface area contributed by atoms with Crippen LogP contribution >= 0.6 is 11.6 Å². The number of aromatic nitrogens is 1. The van der Waals surface area contributed by atoms with E-state index in [0.717, 1.165) is 0 Å². The second-order valence-electron chi connectivity index (χ2n) is 7.08. The van der Waals surface area contributed by atoms with Gasteiger partial charge in [0, 0.05) is 23.2 Å². The molecule has 1 amide bonds. The summed E-state index contributed by atoms with van der Waals surface area (Å²) in [5.74, 6) is -0.549. The van der Waals surface area contributed by atoms with E-state index in [1.54, 1.807) is 38.1 Å². The Kier molecular flexibility index (Phi) is 6.99. The van der Waals surface area contributed by atoms with Gasteiger partial charge in [-0.25, -0.2) is 9.57 Å². The molecule has 1 aliphatic heterocycles. The number of carbonyl (C=O) groups excluding carboxylic acids is 1. The number of halogens is 4. The molecule has 2 heterocycles. The summed E-state index contributed by atoms with van der Waals surface area (Å²) >= 11 is 6.01. The van der Waals surface area contributed by atoms with E-state index in [0.29, 0.717) is 16.4 Å². The number of guanidine groups is 1. The number of aliphatic imine (C=N–C) groups is 1. The third-order valence-electron chi connectivity index (χ3n) is 4.71. The predicted octanol–water partition coefficient (Wildman–Crippen LogP) is 4.03. The van der Waals surface area contributed by atoms with Crippen molar-refractivity contribution in [2.24, 2.45) is 4.99 Å². The highest BCUT2D eigenvalue weighted by Crippen LogP contribution is 2.29. The number of nitrogens with one attached hydrogen (secondary N) is 2. The molecule has 2 atom stereocenters. The van der Waals surface area contributed by atoms with Crippen LogP contribution in [0.25, 0.3) is 0 Å².